The van der Waals surface area contributed by atoms with Crippen molar-refractivity contribution in [2.24, 2.45) is 5.92 Å². The van der Waals surface area contributed by atoms with E-state index in [1.165, 1.54) is 6.07 Å². The van der Waals surface area contributed by atoms with Gasteiger partial charge in [-0.2, -0.15) is 0 Å². The number of para-hydroxylation sites is 2. The third kappa shape index (κ3) is 5.20. The molecule has 0 atom stereocenters. The second kappa shape index (κ2) is 9.83. The Morgan fingerprint density at radius 3 is 2.72 bits per heavy atom. The minimum atomic E-state index is -0.373. The predicted octanol–water partition coefficient (Wildman–Crippen LogP) is 2.87. The molecule has 0 spiro atoms. The van der Waals surface area contributed by atoms with Crippen molar-refractivity contribution in [1.29, 1.82) is 0 Å². The molecule has 1 fully saturated rings. The second-order valence-corrected chi connectivity index (χ2v) is 6.69. The van der Waals surface area contributed by atoms with Crippen LogP contribution in [0.2, 0.25) is 0 Å². The highest BCUT2D eigenvalue weighted by atomic mass is 16.6. The number of pyridine rings is 1. The Bertz CT molecular complexity index is 852. The van der Waals surface area contributed by atoms with Gasteiger partial charge in [0.25, 0.3) is 5.69 Å². The lowest BCUT2D eigenvalue weighted by molar-refractivity contribution is -0.384. The van der Waals surface area contributed by atoms with E-state index in [0.717, 1.165) is 0 Å². The first-order valence-electron chi connectivity index (χ1n) is 9.46. The zero-order valence-electron chi connectivity index (χ0n) is 16.2. The molecule has 1 aromatic heterocycles. The van der Waals surface area contributed by atoms with Crippen LogP contribution in [0.5, 0.6) is 5.88 Å². The number of nitro groups is 1. The summed E-state index contributed by atoms with van der Waals surface area (Å²) >= 11 is 0. The molecule has 9 heteroatoms. The molecule has 0 aliphatic carbocycles. The summed E-state index contributed by atoms with van der Waals surface area (Å²) in [6.07, 6.45) is 2.82. The molecule has 3 rings (SSSR count). The average molecular weight is 400 g/mol. The van der Waals surface area contributed by atoms with E-state index < -0.39 is 0 Å². The van der Waals surface area contributed by atoms with E-state index in [0.29, 0.717) is 56.4 Å². The number of anilines is 2. The van der Waals surface area contributed by atoms with Gasteiger partial charge in [0.1, 0.15) is 18.0 Å². The van der Waals surface area contributed by atoms with Gasteiger partial charge in [0, 0.05) is 38.4 Å². The summed E-state index contributed by atoms with van der Waals surface area (Å²) in [4.78, 5) is 29.7. The molecule has 1 amide bonds. The number of hydrogen-bond donors (Lipinski definition) is 1. The molecule has 2 aromatic rings. The zero-order chi connectivity index (χ0) is 20.6. The first-order chi connectivity index (χ1) is 14.1. The highest BCUT2D eigenvalue weighted by Gasteiger charge is 2.28. The molecule has 29 heavy (non-hydrogen) atoms. The minimum Gasteiger partial charge on any atom is -0.474 e. The van der Waals surface area contributed by atoms with Gasteiger partial charge >= 0.3 is 0 Å². The quantitative estimate of drug-likeness (QED) is 0.412. The lowest BCUT2D eigenvalue weighted by atomic mass is 9.95. The van der Waals surface area contributed by atoms with Crippen molar-refractivity contribution in [3.8, 4) is 5.88 Å². The number of carbonyl (C=O) groups excluding carboxylic acids is 1. The number of benzene rings is 1. The zero-order valence-corrected chi connectivity index (χ0v) is 16.2. The summed E-state index contributed by atoms with van der Waals surface area (Å²) in [6.45, 7) is 1.92. The van der Waals surface area contributed by atoms with Gasteiger partial charge in [-0.15, -0.1) is 0 Å². The van der Waals surface area contributed by atoms with Crippen molar-refractivity contribution >= 4 is 23.0 Å². The summed E-state index contributed by atoms with van der Waals surface area (Å²) in [5.41, 5.74) is 1.20. The maximum Gasteiger partial charge on any atom is 0.292 e. The number of aromatic nitrogens is 1. The van der Waals surface area contributed by atoms with Gasteiger partial charge in [0.05, 0.1) is 11.5 Å². The van der Waals surface area contributed by atoms with E-state index in [1.54, 1.807) is 43.6 Å². The number of ether oxygens (including phenoxy) is 2. The van der Waals surface area contributed by atoms with Crippen LogP contribution in [-0.4, -0.2) is 49.2 Å². The number of piperidine rings is 1. The largest absolute Gasteiger partial charge is 0.474 e. The molecular formula is C20H24N4O5. The third-order valence-electron chi connectivity index (χ3n) is 4.84. The average Bonchev–Trinajstić information content (AvgIpc) is 2.75. The molecule has 1 saturated heterocycles. The number of methoxy groups -OCH3 is 1. The topological polar surface area (TPSA) is 107 Å². The standard InChI is InChI=1S/C20H24N4O5/c1-28-13-14-29-20-16(5-4-10-21-20)22-19(25)15-8-11-23(12-9-15)17-6-2-3-7-18(17)24(26)27/h2-7,10,15H,8-9,11-14H2,1H3,(H,22,25). The molecule has 0 radical (unpaired) electrons. The Hall–Kier alpha value is -3.20. The summed E-state index contributed by atoms with van der Waals surface area (Å²) in [5.74, 6) is 0.0769. The van der Waals surface area contributed by atoms with Crippen molar-refractivity contribution in [1.82, 2.24) is 4.98 Å². The molecule has 0 unspecified atom stereocenters. The Balaban J connectivity index is 1.59. The van der Waals surface area contributed by atoms with E-state index in [2.05, 4.69) is 10.3 Å². The molecule has 1 N–H and O–H groups in total. The van der Waals surface area contributed by atoms with E-state index in [4.69, 9.17) is 9.47 Å². The molecular weight excluding hydrogens is 376 g/mol. The van der Waals surface area contributed by atoms with E-state index in [9.17, 15) is 14.9 Å². The number of amides is 1. The number of hydrogen-bond acceptors (Lipinski definition) is 7. The van der Waals surface area contributed by atoms with Crippen molar-refractivity contribution in [3.63, 3.8) is 0 Å². The van der Waals surface area contributed by atoms with Crippen LogP contribution < -0.4 is 15.0 Å². The van der Waals surface area contributed by atoms with Crippen LogP contribution in [0.15, 0.2) is 42.6 Å². The fourth-order valence-electron chi connectivity index (χ4n) is 3.33. The molecule has 0 saturated carbocycles. The first-order valence-corrected chi connectivity index (χ1v) is 9.46. The molecule has 154 valence electrons. The molecule has 1 aromatic carbocycles. The van der Waals surface area contributed by atoms with Crippen molar-refractivity contribution in [2.75, 3.05) is 43.6 Å². The summed E-state index contributed by atoms with van der Waals surface area (Å²) in [5, 5.41) is 14.2. The van der Waals surface area contributed by atoms with Gasteiger partial charge in [-0.25, -0.2) is 4.98 Å². The fourth-order valence-corrected chi connectivity index (χ4v) is 3.33. The first kappa shape index (κ1) is 20.5. The molecule has 2 heterocycles. The summed E-state index contributed by atoms with van der Waals surface area (Å²) < 4.78 is 10.5. The van der Waals surface area contributed by atoms with Gasteiger partial charge in [0.15, 0.2) is 0 Å². The van der Waals surface area contributed by atoms with E-state index >= 15 is 0 Å². The maximum absolute atomic E-state index is 12.7. The SMILES string of the molecule is COCCOc1ncccc1NC(=O)C1CCN(c2ccccc2[N+](=O)[O-])CC1. The minimum absolute atomic E-state index is 0.0867. The summed E-state index contributed by atoms with van der Waals surface area (Å²) in [6, 6.07) is 10.2. The van der Waals surface area contributed by atoms with Crippen molar-refractivity contribution in [2.45, 2.75) is 12.8 Å². The van der Waals surface area contributed by atoms with Crippen LogP contribution in [0.4, 0.5) is 17.1 Å². The lowest BCUT2D eigenvalue weighted by Gasteiger charge is -2.32. The smallest absolute Gasteiger partial charge is 0.292 e. The lowest BCUT2D eigenvalue weighted by Crippen LogP contribution is -2.38. The molecule has 1 aliphatic heterocycles. The number of nitrogens with zero attached hydrogens (tertiary/aromatic N) is 3. The summed E-state index contributed by atoms with van der Waals surface area (Å²) in [7, 11) is 1.58. The monoisotopic (exact) mass is 400 g/mol. The van der Waals surface area contributed by atoms with E-state index in [1.807, 2.05) is 4.90 Å². The Morgan fingerprint density at radius 1 is 1.24 bits per heavy atom. The normalized spacial score (nSPS) is 14.4. The van der Waals surface area contributed by atoms with Gasteiger partial charge in [0.2, 0.25) is 11.8 Å². The van der Waals surface area contributed by atoms with Crippen LogP contribution in [0.1, 0.15) is 12.8 Å². The Morgan fingerprint density at radius 2 is 2.00 bits per heavy atom. The van der Waals surface area contributed by atoms with Gasteiger partial charge in [-0.05, 0) is 31.0 Å². The van der Waals surface area contributed by atoms with E-state index in [-0.39, 0.29) is 22.4 Å². The predicted molar refractivity (Wildman–Crippen MR) is 108 cm³/mol. The van der Waals surface area contributed by atoms with Crippen LogP contribution in [0.3, 0.4) is 0 Å². The number of nitro benzene ring substituents is 1. The Labute approximate surface area is 168 Å². The van der Waals surface area contributed by atoms with Crippen LogP contribution in [0, 0.1) is 16.0 Å². The van der Waals surface area contributed by atoms with Crippen LogP contribution in [-0.2, 0) is 9.53 Å². The maximum atomic E-state index is 12.7. The fraction of sp³-hybridized carbons (Fsp3) is 0.400. The number of carbonyl (C=O) groups is 1. The van der Waals surface area contributed by atoms with Crippen molar-refractivity contribution < 1.29 is 19.2 Å². The van der Waals surface area contributed by atoms with Gasteiger partial charge < -0.3 is 19.7 Å². The number of nitrogens with one attached hydrogen (secondary N) is 1. The highest BCUT2D eigenvalue weighted by Crippen LogP contribution is 2.31. The van der Waals surface area contributed by atoms with Gasteiger partial charge in [-0.3, -0.25) is 14.9 Å². The molecule has 0 bridgehead atoms. The Kier molecular flexibility index (Phi) is 6.96. The van der Waals surface area contributed by atoms with Gasteiger partial charge in [-0.1, -0.05) is 12.1 Å². The number of rotatable bonds is 8. The molecule has 9 nitrogen and oxygen atoms in total. The van der Waals surface area contributed by atoms with Crippen LogP contribution >= 0.6 is 0 Å². The third-order valence-corrected chi connectivity index (χ3v) is 4.84. The second-order valence-electron chi connectivity index (χ2n) is 6.69. The van der Waals surface area contributed by atoms with Crippen molar-refractivity contribution in [3.05, 3.63) is 52.7 Å². The highest BCUT2D eigenvalue weighted by molar-refractivity contribution is 5.93. The molecule has 1 aliphatic rings. The van der Waals surface area contributed by atoms with Crippen LogP contribution in [0.25, 0.3) is 0 Å².